The molecule has 57 heavy (non-hydrogen) atoms. The van der Waals surface area contributed by atoms with Crippen LogP contribution < -0.4 is 0 Å². The Balaban J connectivity index is 1.19. The van der Waals surface area contributed by atoms with E-state index in [1.807, 2.05) is 0 Å². The Kier molecular flexibility index (Phi) is 7.06. The summed E-state index contributed by atoms with van der Waals surface area (Å²) in [5.74, 6) is 0.375. The van der Waals surface area contributed by atoms with E-state index in [2.05, 4.69) is 195 Å². The van der Waals surface area contributed by atoms with Gasteiger partial charge in [-0.1, -0.05) is 202 Å². The van der Waals surface area contributed by atoms with E-state index in [1.165, 1.54) is 66.8 Å². The molecule has 0 amide bonds. The molecule has 2 atom stereocenters. The van der Waals surface area contributed by atoms with E-state index in [-0.39, 0.29) is 17.3 Å². The lowest BCUT2D eigenvalue weighted by Gasteiger charge is -2.57. The Labute approximate surface area is 334 Å². The van der Waals surface area contributed by atoms with Crippen LogP contribution in [0, 0.1) is 5.92 Å². The van der Waals surface area contributed by atoms with E-state index in [1.54, 1.807) is 0 Å². The van der Waals surface area contributed by atoms with Crippen molar-refractivity contribution in [3.8, 4) is 33.4 Å². The maximum absolute atomic E-state index is 6.57. The number of rotatable bonds is 5. The zero-order valence-corrected chi connectivity index (χ0v) is 32.1. The largest absolute Gasteiger partial charge is 0.455 e. The average Bonchev–Trinajstić information content (AvgIpc) is 3.90. The summed E-state index contributed by atoms with van der Waals surface area (Å²) in [5, 5.41) is 2.32. The first kappa shape index (κ1) is 32.8. The number of para-hydroxylation sites is 2. The van der Waals surface area contributed by atoms with Gasteiger partial charge in [0.15, 0.2) is 0 Å². The van der Waals surface area contributed by atoms with E-state index in [9.17, 15) is 0 Å². The molecule has 272 valence electrons. The van der Waals surface area contributed by atoms with Gasteiger partial charge in [0, 0.05) is 22.3 Å². The molecular formula is C56H42O. The van der Waals surface area contributed by atoms with E-state index >= 15 is 0 Å². The highest BCUT2D eigenvalue weighted by Gasteiger charge is 2.64. The lowest BCUT2D eigenvalue weighted by Crippen LogP contribution is -2.53. The summed E-state index contributed by atoms with van der Waals surface area (Å²) >= 11 is 0. The normalized spacial score (nSPS) is 17.7. The predicted octanol–water partition coefficient (Wildman–Crippen LogP) is 14.5. The van der Waals surface area contributed by atoms with Crippen molar-refractivity contribution < 1.29 is 4.42 Å². The molecule has 3 aliphatic carbocycles. The molecule has 1 nitrogen and oxygen atoms in total. The van der Waals surface area contributed by atoms with Gasteiger partial charge in [-0.2, -0.15) is 0 Å². The molecule has 8 aromatic carbocycles. The third-order valence-electron chi connectivity index (χ3n) is 14.0. The summed E-state index contributed by atoms with van der Waals surface area (Å²) in [6, 6.07) is 71.5. The number of unbranched alkanes of at least 4 members (excludes halogenated alkanes) is 1. The molecule has 0 aliphatic heterocycles. The topological polar surface area (TPSA) is 13.1 Å². The molecule has 0 bridgehead atoms. The molecule has 12 rings (SSSR count). The van der Waals surface area contributed by atoms with Crippen molar-refractivity contribution in [2.45, 2.75) is 42.9 Å². The van der Waals surface area contributed by atoms with Crippen LogP contribution in [0.15, 0.2) is 192 Å². The fourth-order valence-electron chi connectivity index (χ4n) is 12.1. The highest BCUT2D eigenvalue weighted by Crippen LogP contribution is 2.72. The minimum atomic E-state index is -0.403. The van der Waals surface area contributed by atoms with Crippen molar-refractivity contribution in [3.63, 3.8) is 0 Å². The second kappa shape index (κ2) is 12.3. The van der Waals surface area contributed by atoms with Gasteiger partial charge in [0.05, 0.1) is 10.8 Å². The molecule has 2 spiro atoms. The van der Waals surface area contributed by atoms with Gasteiger partial charge >= 0.3 is 0 Å². The van der Waals surface area contributed by atoms with Crippen molar-refractivity contribution in [1.29, 1.82) is 0 Å². The summed E-state index contributed by atoms with van der Waals surface area (Å²) in [6.45, 7) is 2.36. The maximum atomic E-state index is 6.57. The third-order valence-corrected chi connectivity index (χ3v) is 14.0. The van der Waals surface area contributed by atoms with Gasteiger partial charge in [-0.3, -0.25) is 0 Å². The fourth-order valence-corrected chi connectivity index (χ4v) is 12.1. The smallest absolute Gasteiger partial charge is 0.143 e. The van der Waals surface area contributed by atoms with Crippen LogP contribution in [0.3, 0.4) is 0 Å². The van der Waals surface area contributed by atoms with Crippen molar-refractivity contribution in [2.24, 2.45) is 5.92 Å². The molecule has 0 radical (unpaired) electrons. The van der Waals surface area contributed by atoms with Gasteiger partial charge in [0.2, 0.25) is 0 Å². The van der Waals surface area contributed by atoms with Gasteiger partial charge in [-0.05, 0) is 85.2 Å². The minimum Gasteiger partial charge on any atom is -0.455 e. The first-order valence-corrected chi connectivity index (χ1v) is 20.8. The Morgan fingerprint density at radius 1 is 0.421 bits per heavy atom. The lowest BCUT2D eigenvalue weighted by atomic mass is 9.44. The first-order valence-electron chi connectivity index (χ1n) is 20.8. The standard InChI is InChI=1S/C56H42O/c1-2-3-24-51-53(37-34-32-36(33-35-37)38-22-16-23-44-43-21-8-15-31-52(43)57-54(38)44)56(47-27-11-6-19-41(47)42-20-7-12-28-48(42)56)50-30-14-13-29-49(50)55(51)45-25-9-4-17-39(45)40-18-5-10-26-46(40)55/h4-23,25-35,51,53H,2-3,24H2,1H3. The second-order valence-electron chi connectivity index (χ2n) is 16.5. The van der Waals surface area contributed by atoms with Crippen molar-refractivity contribution >= 4 is 21.9 Å². The number of fused-ring (bicyclic) bond motifs is 16. The molecule has 3 aliphatic rings. The average molecular weight is 731 g/mol. The van der Waals surface area contributed by atoms with Crippen LogP contribution in [0.4, 0.5) is 0 Å². The monoisotopic (exact) mass is 730 g/mol. The van der Waals surface area contributed by atoms with Gasteiger partial charge in [0.25, 0.3) is 0 Å². The maximum Gasteiger partial charge on any atom is 0.143 e. The minimum absolute atomic E-state index is 0.124. The molecule has 0 N–H and O–H groups in total. The molecule has 1 heteroatoms. The molecule has 1 heterocycles. The molecule has 0 fully saturated rings. The fraction of sp³-hybridized carbons (Fsp3) is 0.143. The van der Waals surface area contributed by atoms with Crippen molar-refractivity contribution in [2.75, 3.05) is 0 Å². The first-order chi connectivity index (χ1) is 28.3. The SMILES string of the molecule is CCCCC1C(c2ccc(-c3cccc4c3oc3ccccc34)cc2)C2(c3ccccc3-c3ccccc32)c2ccccc2C12c1ccccc1-c1ccccc12. The van der Waals surface area contributed by atoms with Crippen LogP contribution >= 0.6 is 0 Å². The zero-order chi connectivity index (χ0) is 37.7. The van der Waals surface area contributed by atoms with Crippen LogP contribution in [0.2, 0.25) is 0 Å². The van der Waals surface area contributed by atoms with E-state index in [0.29, 0.717) is 0 Å². The Morgan fingerprint density at radius 2 is 0.877 bits per heavy atom. The van der Waals surface area contributed by atoms with Crippen LogP contribution in [-0.4, -0.2) is 0 Å². The van der Waals surface area contributed by atoms with Crippen molar-refractivity contribution in [1.82, 2.24) is 0 Å². The van der Waals surface area contributed by atoms with Crippen molar-refractivity contribution in [3.05, 3.63) is 227 Å². The summed E-state index contributed by atoms with van der Waals surface area (Å²) < 4.78 is 6.57. The third kappa shape index (κ3) is 4.19. The highest BCUT2D eigenvalue weighted by atomic mass is 16.3. The lowest BCUT2D eigenvalue weighted by molar-refractivity contribution is 0.214. The number of benzene rings is 8. The summed E-state index contributed by atoms with van der Waals surface area (Å²) in [7, 11) is 0. The number of hydrogen-bond donors (Lipinski definition) is 0. The van der Waals surface area contributed by atoms with E-state index < -0.39 is 5.41 Å². The second-order valence-corrected chi connectivity index (χ2v) is 16.5. The van der Waals surface area contributed by atoms with Gasteiger partial charge < -0.3 is 4.42 Å². The molecular weight excluding hydrogens is 689 g/mol. The highest BCUT2D eigenvalue weighted by molar-refractivity contribution is 6.09. The van der Waals surface area contributed by atoms with Crippen LogP contribution in [0.5, 0.6) is 0 Å². The van der Waals surface area contributed by atoms with E-state index in [0.717, 1.165) is 46.8 Å². The zero-order valence-electron chi connectivity index (χ0n) is 32.1. The molecule has 2 unspecified atom stereocenters. The van der Waals surface area contributed by atoms with Gasteiger partial charge in [-0.15, -0.1) is 0 Å². The predicted molar refractivity (Wildman–Crippen MR) is 235 cm³/mol. The Hall–Kier alpha value is -6.44. The van der Waals surface area contributed by atoms with E-state index in [4.69, 9.17) is 4.42 Å². The Morgan fingerprint density at radius 3 is 1.46 bits per heavy atom. The number of hydrogen-bond acceptors (Lipinski definition) is 1. The van der Waals surface area contributed by atoms with Crippen LogP contribution in [0.25, 0.3) is 55.3 Å². The van der Waals surface area contributed by atoms with Gasteiger partial charge in [-0.25, -0.2) is 0 Å². The quantitative estimate of drug-likeness (QED) is 0.172. The van der Waals surface area contributed by atoms with Crippen LogP contribution in [0.1, 0.15) is 71.0 Å². The molecule has 0 saturated heterocycles. The summed E-state index contributed by atoms with van der Waals surface area (Å²) in [4.78, 5) is 0. The molecule has 0 saturated carbocycles. The molecule has 1 aromatic heterocycles. The van der Waals surface area contributed by atoms with Gasteiger partial charge in [0.1, 0.15) is 11.2 Å². The Bertz CT molecular complexity index is 2940. The number of furan rings is 1. The van der Waals surface area contributed by atoms with Crippen LogP contribution in [-0.2, 0) is 10.8 Å². The molecule has 9 aromatic rings. The summed E-state index contributed by atoms with van der Waals surface area (Å²) in [5.41, 5.74) is 19.0. The summed E-state index contributed by atoms with van der Waals surface area (Å²) in [6.07, 6.45) is 3.40.